The molecule has 0 aliphatic heterocycles. The van der Waals surface area contributed by atoms with E-state index in [1.807, 2.05) is 6.92 Å². The van der Waals surface area contributed by atoms with Crippen molar-refractivity contribution in [2.45, 2.75) is 6.92 Å². The van der Waals surface area contributed by atoms with Crippen molar-refractivity contribution < 1.29 is 4.39 Å². The number of hydrogen-bond acceptors (Lipinski definition) is 3. The van der Waals surface area contributed by atoms with E-state index in [-0.39, 0.29) is 5.82 Å². The number of nitrogens with one attached hydrogen (secondary N) is 1. The third kappa shape index (κ3) is 2.28. The predicted octanol–water partition coefficient (Wildman–Crippen LogP) is 2.85. The molecule has 3 N–H and O–H groups in total. The second kappa shape index (κ2) is 4.18. The van der Waals surface area contributed by atoms with Crippen LogP contribution >= 0.6 is 0 Å². The molecule has 0 saturated heterocycles. The van der Waals surface area contributed by atoms with Crippen LogP contribution in [0.5, 0.6) is 0 Å². The minimum absolute atomic E-state index is 0.273. The topological polar surface area (TPSA) is 50.9 Å². The van der Waals surface area contributed by atoms with Crippen LogP contribution in [0.2, 0.25) is 0 Å². The van der Waals surface area contributed by atoms with Crippen LogP contribution in [0.4, 0.5) is 21.5 Å². The van der Waals surface area contributed by atoms with Gasteiger partial charge in [0, 0.05) is 11.9 Å². The normalized spacial score (nSPS) is 10.1. The number of rotatable bonds is 2. The van der Waals surface area contributed by atoms with Crippen LogP contribution in [0.3, 0.4) is 0 Å². The minimum atomic E-state index is -0.273. The minimum Gasteiger partial charge on any atom is -0.397 e. The molecular formula is C12H12FN3. The third-order valence-electron chi connectivity index (χ3n) is 2.24. The van der Waals surface area contributed by atoms with Crippen LogP contribution in [0.15, 0.2) is 36.7 Å². The summed E-state index contributed by atoms with van der Waals surface area (Å²) in [5, 5.41) is 3.07. The first kappa shape index (κ1) is 10.4. The molecule has 0 fully saturated rings. The number of aryl methyl sites for hydroxylation is 1. The number of aromatic nitrogens is 1. The highest BCUT2D eigenvalue weighted by Crippen LogP contribution is 2.21. The van der Waals surface area contributed by atoms with Gasteiger partial charge >= 0.3 is 0 Å². The van der Waals surface area contributed by atoms with Gasteiger partial charge in [-0.1, -0.05) is 6.07 Å². The van der Waals surface area contributed by atoms with Gasteiger partial charge in [-0.15, -0.1) is 0 Å². The van der Waals surface area contributed by atoms with E-state index < -0.39 is 0 Å². The van der Waals surface area contributed by atoms with Gasteiger partial charge in [0.05, 0.1) is 17.6 Å². The SMILES string of the molecule is Cc1ccc(F)cc1Nc1cncc(N)c1. The molecule has 2 rings (SSSR count). The lowest BCUT2D eigenvalue weighted by Crippen LogP contribution is -1.96. The maximum absolute atomic E-state index is 13.0. The molecule has 4 heteroatoms. The molecule has 3 nitrogen and oxygen atoms in total. The van der Waals surface area contributed by atoms with Gasteiger partial charge in [-0.05, 0) is 30.7 Å². The maximum atomic E-state index is 13.0. The van der Waals surface area contributed by atoms with Crippen molar-refractivity contribution >= 4 is 17.1 Å². The zero-order valence-corrected chi connectivity index (χ0v) is 8.87. The average Bonchev–Trinajstić information content (AvgIpc) is 2.24. The molecule has 0 spiro atoms. The highest BCUT2D eigenvalue weighted by Gasteiger charge is 2.01. The van der Waals surface area contributed by atoms with Gasteiger partial charge in [-0.3, -0.25) is 4.98 Å². The molecule has 0 atom stereocenters. The van der Waals surface area contributed by atoms with Crippen molar-refractivity contribution in [3.8, 4) is 0 Å². The molecular weight excluding hydrogens is 205 g/mol. The Bertz CT molecular complexity index is 511. The highest BCUT2D eigenvalue weighted by atomic mass is 19.1. The van der Waals surface area contributed by atoms with Gasteiger partial charge in [-0.25, -0.2) is 4.39 Å². The zero-order valence-electron chi connectivity index (χ0n) is 8.87. The lowest BCUT2D eigenvalue weighted by molar-refractivity contribution is 0.628. The number of nitrogen functional groups attached to an aromatic ring is 1. The molecule has 2 aromatic rings. The number of nitrogens with zero attached hydrogens (tertiary/aromatic N) is 1. The second-order valence-electron chi connectivity index (χ2n) is 3.59. The Hall–Kier alpha value is -2.10. The summed E-state index contributed by atoms with van der Waals surface area (Å²) in [4.78, 5) is 3.95. The van der Waals surface area contributed by atoms with Gasteiger partial charge < -0.3 is 11.1 Å². The Balaban J connectivity index is 2.30. The Labute approximate surface area is 93.1 Å². The highest BCUT2D eigenvalue weighted by molar-refractivity contribution is 5.64. The Kier molecular flexibility index (Phi) is 2.72. The quantitative estimate of drug-likeness (QED) is 0.813. The molecule has 82 valence electrons. The van der Waals surface area contributed by atoms with Crippen molar-refractivity contribution in [3.63, 3.8) is 0 Å². The van der Waals surface area contributed by atoms with E-state index in [0.29, 0.717) is 11.4 Å². The van der Waals surface area contributed by atoms with Gasteiger partial charge in [0.15, 0.2) is 0 Å². The summed E-state index contributed by atoms with van der Waals surface area (Å²) in [7, 11) is 0. The number of benzene rings is 1. The van der Waals surface area contributed by atoms with Gasteiger partial charge in [0.2, 0.25) is 0 Å². The molecule has 0 bridgehead atoms. The zero-order chi connectivity index (χ0) is 11.5. The first-order valence-electron chi connectivity index (χ1n) is 4.89. The van der Waals surface area contributed by atoms with Crippen LogP contribution in [-0.2, 0) is 0 Å². The van der Waals surface area contributed by atoms with Crippen molar-refractivity contribution in [2.75, 3.05) is 11.1 Å². The number of nitrogens with two attached hydrogens (primary N) is 1. The standard InChI is InChI=1S/C12H12FN3/c1-8-2-3-9(13)4-12(8)16-11-5-10(14)6-15-7-11/h2-7,16H,14H2,1H3. The van der Waals surface area contributed by atoms with Crippen LogP contribution in [0.1, 0.15) is 5.56 Å². The summed E-state index contributed by atoms with van der Waals surface area (Å²) in [6.07, 6.45) is 3.20. The van der Waals surface area contributed by atoms with Crippen LogP contribution < -0.4 is 11.1 Å². The molecule has 1 heterocycles. The molecule has 1 aromatic heterocycles. The molecule has 0 radical (unpaired) electrons. The molecule has 0 aliphatic rings. The summed E-state index contributed by atoms with van der Waals surface area (Å²) in [6, 6.07) is 6.34. The van der Waals surface area contributed by atoms with Crippen LogP contribution in [0.25, 0.3) is 0 Å². The number of pyridine rings is 1. The smallest absolute Gasteiger partial charge is 0.125 e. The Morgan fingerprint density at radius 3 is 2.81 bits per heavy atom. The third-order valence-corrected chi connectivity index (χ3v) is 2.24. The fourth-order valence-electron chi connectivity index (χ4n) is 1.41. The fourth-order valence-corrected chi connectivity index (χ4v) is 1.41. The summed E-state index contributed by atoms with van der Waals surface area (Å²) in [6.45, 7) is 1.90. The van der Waals surface area contributed by atoms with Crippen LogP contribution in [-0.4, -0.2) is 4.98 Å². The summed E-state index contributed by atoms with van der Waals surface area (Å²) in [5.74, 6) is -0.273. The van der Waals surface area contributed by atoms with Crippen LogP contribution in [0, 0.1) is 12.7 Å². The largest absolute Gasteiger partial charge is 0.397 e. The predicted molar refractivity (Wildman–Crippen MR) is 63.1 cm³/mol. The van der Waals surface area contributed by atoms with Crippen molar-refractivity contribution in [1.82, 2.24) is 4.98 Å². The van der Waals surface area contributed by atoms with Gasteiger partial charge in [0.25, 0.3) is 0 Å². The monoisotopic (exact) mass is 217 g/mol. The number of anilines is 3. The second-order valence-corrected chi connectivity index (χ2v) is 3.59. The van der Waals surface area contributed by atoms with Gasteiger partial charge in [-0.2, -0.15) is 0 Å². The van der Waals surface area contributed by atoms with E-state index in [9.17, 15) is 4.39 Å². The van der Waals surface area contributed by atoms with E-state index in [0.717, 1.165) is 11.3 Å². The van der Waals surface area contributed by atoms with E-state index >= 15 is 0 Å². The van der Waals surface area contributed by atoms with E-state index in [1.165, 1.54) is 12.1 Å². The molecule has 1 aromatic carbocycles. The number of halogens is 1. The first-order chi connectivity index (χ1) is 7.65. The molecule has 16 heavy (non-hydrogen) atoms. The first-order valence-corrected chi connectivity index (χ1v) is 4.89. The average molecular weight is 217 g/mol. The van der Waals surface area contributed by atoms with E-state index in [2.05, 4.69) is 10.3 Å². The van der Waals surface area contributed by atoms with Crippen molar-refractivity contribution in [1.29, 1.82) is 0 Å². The molecule has 0 saturated carbocycles. The Morgan fingerprint density at radius 2 is 2.06 bits per heavy atom. The summed E-state index contributed by atoms with van der Waals surface area (Å²) < 4.78 is 13.0. The fraction of sp³-hybridized carbons (Fsp3) is 0.0833. The Morgan fingerprint density at radius 1 is 1.25 bits per heavy atom. The van der Waals surface area contributed by atoms with E-state index in [4.69, 9.17) is 5.73 Å². The number of hydrogen-bond donors (Lipinski definition) is 2. The van der Waals surface area contributed by atoms with E-state index in [1.54, 1.807) is 24.5 Å². The van der Waals surface area contributed by atoms with Crippen molar-refractivity contribution in [3.05, 3.63) is 48.0 Å². The molecule has 0 aliphatic carbocycles. The summed E-state index contributed by atoms with van der Waals surface area (Å²) in [5.41, 5.74) is 8.59. The lowest BCUT2D eigenvalue weighted by atomic mass is 10.2. The molecule has 0 amide bonds. The van der Waals surface area contributed by atoms with Crippen molar-refractivity contribution in [2.24, 2.45) is 0 Å². The molecule has 0 unspecified atom stereocenters. The summed E-state index contributed by atoms with van der Waals surface area (Å²) >= 11 is 0. The maximum Gasteiger partial charge on any atom is 0.125 e. The lowest BCUT2D eigenvalue weighted by Gasteiger charge is -2.09. The van der Waals surface area contributed by atoms with Gasteiger partial charge in [0.1, 0.15) is 5.82 Å².